The zero-order valence-electron chi connectivity index (χ0n) is 26.9. The van der Waals surface area contributed by atoms with Crippen molar-refractivity contribution in [2.45, 2.75) is 80.3 Å². The smallest absolute Gasteiger partial charge is 0.229 e. The molecule has 0 aromatic heterocycles. The number of hydrogen-bond acceptors (Lipinski definition) is 16. The third-order valence-corrected chi connectivity index (χ3v) is 8.95. The quantitative estimate of drug-likeness (QED) is 0.113. The summed E-state index contributed by atoms with van der Waals surface area (Å²) in [4.78, 5) is 24.5. The first kappa shape index (κ1) is 36.7. The Morgan fingerprint density at radius 3 is 2.10 bits per heavy atom. The van der Waals surface area contributed by atoms with Crippen LogP contribution in [-0.4, -0.2) is 138 Å². The van der Waals surface area contributed by atoms with Gasteiger partial charge in [0.25, 0.3) is 0 Å². The third-order valence-electron chi connectivity index (χ3n) is 8.95. The number of amides is 1. The van der Waals surface area contributed by atoms with E-state index in [-0.39, 0.29) is 23.0 Å². The first-order valence-corrected chi connectivity index (χ1v) is 15.5. The molecule has 1 aliphatic carbocycles. The number of nitrogens with one attached hydrogen (secondary N) is 1. The third kappa shape index (κ3) is 7.04. The van der Waals surface area contributed by atoms with Gasteiger partial charge in [-0.15, -0.1) is 0 Å². The number of aryl methyl sites for hydroxylation is 1. The summed E-state index contributed by atoms with van der Waals surface area (Å²) in [5.74, 6) is 0.346. The number of aliphatic hydroxyl groups excluding tert-OH is 7. The first-order valence-electron chi connectivity index (χ1n) is 15.5. The second kappa shape index (κ2) is 15.5. The fourth-order valence-electron chi connectivity index (χ4n) is 6.33. The minimum Gasteiger partial charge on any atom is -0.493 e. The van der Waals surface area contributed by atoms with Gasteiger partial charge in [-0.05, 0) is 47.7 Å². The van der Waals surface area contributed by atoms with Crippen LogP contribution >= 0.6 is 0 Å². The molecule has 1 amide bonds. The number of aliphatic hydroxyl groups is 7. The normalized spacial score (nSPS) is 32.6. The molecular formula is C32H41NO16. The van der Waals surface area contributed by atoms with E-state index in [1.54, 1.807) is 12.1 Å². The lowest BCUT2D eigenvalue weighted by molar-refractivity contribution is -0.323. The Labute approximate surface area is 280 Å². The number of carbonyl (C=O) groups excluding carboxylic acids is 1. The lowest BCUT2D eigenvalue weighted by Gasteiger charge is -2.42. The average molecular weight is 696 g/mol. The van der Waals surface area contributed by atoms with Crippen LogP contribution in [0.4, 0.5) is 0 Å². The van der Waals surface area contributed by atoms with Crippen LogP contribution in [0.1, 0.15) is 23.6 Å². The van der Waals surface area contributed by atoms with Crippen molar-refractivity contribution in [2.75, 3.05) is 34.5 Å². The number of ether oxygens (including phenoxy) is 7. The Hall–Kier alpha value is -3.62. The van der Waals surface area contributed by atoms with E-state index in [2.05, 4.69) is 5.32 Å². The maximum Gasteiger partial charge on any atom is 0.229 e. The highest BCUT2D eigenvalue weighted by atomic mass is 16.7. The van der Waals surface area contributed by atoms with Crippen LogP contribution in [0, 0.1) is 0 Å². The van der Waals surface area contributed by atoms with E-state index in [1.165, 1.54) is 33.5 Å². The van der Waals surface area contributed by atoms with E-state index in [0.29, 0.717) is 41.5 Å². The fourth-order valence-corrected chi connectivity index (χ4v) is 6.33. The lowest BCUT2D eigenvalue weighted by atomic mass is 9.95. The van der Waals surface area contributed by atoms with E-state index in [9.17, 15) is 45.3 Å². The van der Waals surface area contributed by atoms with Crippen molar-refractivity contribution in [1.82, 2.24) is 5.32 Å². The van der Waals surface area contributed by atoms with Gasteiger partial charge in [0, 0.05) is 5.56 Å². The number of rotatable bonds is 11. The molecule has 2 saturated heterocycles. The van der Waals surface area contributed by atoms with Gasteiger partial charge in [0.2, 0.25) is 23.9 Å². The zero-order valence-corrected chi connectivity index (χ0v) is 26.9. The topological polar surface area (TPSA) is 252 Å². The van der Waals surface area contributed by atoms with Gasteiger partial charge in [-0.1, -0.05) is 6.07 Å². The SMILES string of the molecule is COc1c(O[C@@H]2O[C@H](CO[C@@H]3O[C@H](CO)[C@@H](O)[C@H](O)[C@H]3O)[C@@H](O)[C@H](O)[C@H]2O)cc2c(c1OC)-c1ccc(OC)c(=O)cc1[C@@H](NC=O)CC2. The lowest BCUT2D eigenvalue weighted by Crippen LogP contribution is -2.62. The second-order valence-electron chi connectivity index (χ2n) is 11.8. The molecule has 17 nitrogen and oxygen atoms in total. The molecule has 11 atom stereocenters. The molecule has 0 bridgehead atoms. The van der Waals surface area contributed by atoms with Gasteiger partial charge in [0.05, 0.1) is 40.6 Å². The minimum absolute atomic E-state index is 0.0186. The predicted octanol–water partition coefficient (Wildman–Crippen LogP) is -2.52. The van der Waals surface area contributed by atoms with Crippen molar-refractivity contribution in [2.24, 2.45) is 0 Å². The summed E-state index contributed by atoms with van der Waals surface area (Å²) in [6.45, 7) is -1.24. The van der Waals surface area contributed by atoms with E-state index in [0.717, 1.165) is 0 Å². The van der Waals surface area contributed by atoms with Gasteiger partial charge in [0.15, 0.2) is 23.5 Å². The van der Waals surface area contributed by atoms with Gasteiger partial charge in [-0.2, -0.15) is 0 Å². The molecule has 0 radical (unpaired) electrons. The number of methoxy groups -OCH3 is 3. The van der Waals surface area contributed by atoms with Crippen molar-refractivity contribution < 1.29 is 73.7 Å². The number of hydrogen-bond donors (Lipinski definition) is 8. The molecule has 2 aliphatic heterocycles. The monoisotopic (exact) mass is 695 g/mol. The molecule has 2 aromatic carbocycles. The van der Waals surface area contributed by atoms with E-state index in [1.807, 2.05) is 0 Å². The van der Waals surface area contributed by atoms with Crippen molar-refractivity contribution >= 4 is 6.41 Å². The van der Waals surface area contributed by atoms with Crippen LogP contribution < -0.4 is 29.7 Å². The zero-order chi connectivity index (χ0) is 35.6. The van der Waals surface area contributed by atoms with Crippen LogP contribution in [0.25, 0.3) is 11.1 Å². The largest absolute Gasteiger partial charge is 0.493 e. The Morgan fingerprint density at radius 2 is 1.47 bits per heavy atom. The van der Waals surface area contributed by atoms with Crippen LogP contribution in [-0.2, 0) is 25.4 Å². The molecular weight excluding hydrogens is 654 g/mol. The fraction of sp³-hybridized carbons (Fsp3) is 0.562. The summed E-state index contributed by atoms with van der Waals surface area (Å²) in [7, 11) is 4.12. The first-order chi connectivity index (χ1) is 23.5. The summed E-state index contributed by atoms with van der Waals surface area (Å²) in [5, 5.41) is 74.9. The molecule has 2 aromatic rings. The van der Waals surface area contributed by atoms with Crippen LogP contribution in [0.5, 0.6) is 23.0 Å². The van der Waals surface area contributed by atoms with Gasteiger partial charge in [-0.25, -0.2) is 0 Å². The highest BCUT2D eigenvalue weighted by molar-refractivity contribution is 5.83. The van der Waals surface area contributed by atoms with Crippen molar-refractivity contribution in [3.05, 3.63) is 45.6 Å². The molecule has 49 heavy (non-hydrogen) atoms. The van der Waals surface area contributed by atoms with Gasteiger partial charge < -0.3 is 74.2 Å². The second-order valence-corrected chi connectivity index (χ2v) is 11.8. The summed E-state index contributed by atoms with van der Waals surface area (Å²) in [5.41, 5.74) is 1.85. The Bertz CT molecular complexity index is 1540. The number of fused-ring (bicyclic) bond motifs is 3. The molecule has 8 N–H and O–H groups in total. The Kier molecular flexibility index (Phi) is 11.6. The highest BCUT2D eigenvalue weighted by Crippen LogP contribution is 2.51. The maximum absolute atomic E-state index is 12.9. The van der Waals surface area contributed by atoms with E-state index in [4.69, 9.17) is 33.2 Å². The Morgan fingerprint density at radius 1 is 0.816 bits per heavy atom. The number of carbonyl (C=O) groups is 1. The standard InChI is InChI=1S/C32H41NO16/c1-43-18-7-5-14-15(9-17(18)36)16(33-12-35)6-4-13-8-19(29(44-2)30(45-3)22(13)14)47-32-28(42)26(40)24(38)21(49-32)11-46-31-27(41)25(39)23(37)20(10-34)48-31/h5,7-9,12,16,20-21,23-28,31-32,34,37-42H,4,6,10-11H2,1-3H3,(H,33,35)/t16-,20+,21+,23+,24+,25-,26-,27+,28+,31+,32+/m0/s1. The average Bonchev–Trinajstić information content (AvgIpc) is 3.35. The van der Waals surface area contributed by atoms with Crippen molar-refractivity contribution in [3.63, 3.8) is 0 Å². The van der Waals surface area contributed by atoms with Crippen molar-refractivity contribution in [1.29, 1.82) is 0 Å². The van der Waals surface area contributed by atoms with Gasteiger partial charge in [0.1, 0.15) is 48.8 Å². The number of benzene rings is 1. The summed E-state index contributed by atoms with van der Waals surface area (Å²) >= 11 is 0. The summed E-state index contributed by atoms with van der Waals surface area (Å²) in [6.07, 6.45) is -14.9. The van der Waals surface area contributed by atoms with Gasteiger partial charge >= 0.3 is 0 Å². The molecule has 17 heteroatoms. The van der Waals surface area contributed by atoms with Crippen LogP contribution in [0.15, 0.2) is 29.1 Å². The summed E-state index contributed by atoms with van der Waals surface area (Å²) in [6, 6.07) is 5.63. The van der Waals surface area contributed by atoms with Gasteiger partial charge in [-0.3, -0.25) is 9.59 Å². The van der Waals surface area contributed by atoms with Crippen LogP contribution in [0.3, 0.4) is 0 Å². The molecule has 5 rings (SSSR count). The molecule has 3 aliphatic rings. The Balaban J connectivity index is 1.47. The molecule has 0 unspecified atom stereocenters. The minimum atomic E-state index is -1.80. The van der Waals surface area contributed by atoms with E-state index >= 15 is 0 Å². The molecule has 0 spiro atoms. The molecule has 0 saturated carbocycles. The van der Waals surface area contributed by atoms with Crippen molar-refractivity contribution in [3.8, 4) is 34.1 Å². The maximum atomic E-state index is 12.9. The van der Waals surface area contributed by atoms with E-state index < -0.39 is 86.1 Å². The highest BCUT2D eigenvalue weighted by Gasteiger charge is 2.48. The molecule has 2 fully saturated rings. The van der Waals surface area contributed by atoms with Crippen LogP contribution in [0.2, 0.25) is 0 Å². The molecule has 270 valence electrons. The predicted molar refractivity (Wildman–Crippen MR) is 165 cm³/mol. The molecule has 2 heterocycles. The summed E-state index contributed by atoms with van der Waals surface area (Å²) < 4.78 is 39.5.